The number of halogens is 2. The van der Waals surface area contributed by atoms with Gasteiger partial charge < -0.3 is 0 Å². The molecule has 0 saturated heterocycles. The first-order valence-electron chi connectivity index (χ1n) is 13.1. The van der Waals surface area contributed by atoms with Crippen LogP contribution < -0.4 is 0 Å². The van der Waals surface area contributed by atoms with E-state index in [0.717, 1.165) is 48.0 Å². The van der Waals surface area contributed by atoms with Crippen molar-refractivity contribution in [1.82, 2.24) is 0 Å². The average molecular weight is 417 g/mol. The molecule has 0 bridgehead atoms. The van der Waals surface area contributed by atoms with Crippen molar-refractivity contribution in [3.8, 4) is 0 Å². The molecule has 30 heavy (non-hydrogen) atoms. The zero-order chi connectivity index (χ0) is 20.9. The number of unbranched alkanes of at least 4 members (excludes halogenated alkanes) is 3. The minimum absolute atomic E-state index is 0.427. The number of hydrogen-bond donors (Lipinski definition) is 0. The van der Waals surface area contributed by atoms with Crippen LogP contribution in [-0.2, 0) is 0 Å². The van der Waals surface area contributed by atoms with Gasteiger partial charge in [-0.15, -0.1) is 0 Å². The van der Waals surface area contributed by atoms with E-state index in [1.807, 2.05) is 0 Å². The summed E-state index contributed by atoms with van der Waals surface area (Å²) < 4.78 is 26.9. The van der Waals surface area contributed by atoms with Gasteiger partial charge in [-0.3, -0.25) is 0 Å². The summed E-state index contributed by atoms with van der Waals surface area (Å²) in [5.74, 6) is 3.86. The topological polar surface area (TPSA) is 0 Å². The lowest BCUT2D eigenvalue weighted by molar-refractivity contribution is 0.0613. The molecule has 0 radical (unpaired) electrons. The Hall–Kier alpha value is -0.920. The van der Waals surface area contributed by atoms with Crippen LogP contribution in [0.15, 0.2) is 18.2 Å². The Kier molecular flexibility index (Phi) is 7.87. The normalized spacial score (nSPS) is 34.5. The second-order valence-corrected chi connectivity index (χ2v) is 10.9. The fourth-order valence-corrected chi connectivity index (χ4v) is 7.26. The van der Waals surface area contributed by atoms with Crippen molar-refractivity contribution >= 4 is 0 Å². The maximum atomic E-state index is 13.6. The van der Waals surface area contributed by atoms with Crippen LogP contribution >= 0.6 is 0 Å². The summed E-state index contributed by atoms with van der Waals surface area (Å²) >= 11 is 0. The Morgan fingerprint density at radius 3 is 2.10 bits per heavy atom. The van der Waals surface area contributed by atoms with Crippen molar-refractivity contribution in [2.24, 2.45) is 29.6 Å². The Labute approximate surface area is 183 Å². The first kappa shape index (κ1) is 22.3. The van der Waals surface area contributed by atoms with Crippen LogP contribution in [0.2, 0.25) is 0 Å². The maximum Gasteiger partial charge on any atom is 0.159 e. The smallest absolute Gasteiger partial charge is 0.159 e. The van der Waals surface area contributed by atoms with E-state index in [4.69, 9.17) is 0 Å². The van der Waals surface area contributed by atoms with Crippen molar-refractivity contribution in [2.45, 2.75) is 109 Å². The third-order valence-corrected chi connectivity index (χ3v) is 9.08. The van der Waals surface area contributed by atoms with Crippen LogP contribution in [0.3, 0.4) is 0 Å². The summed E-state index contributed by atoms with van der Waals surface area (Å²) in [5.41, 5.74) is 1.01. The van der Waals surface area contributed by atoms with Crippen LogP contribution in [0, 0.1) is 41.2 Å². The Morgan fingerprint density at radius 2 is 1.37 bits per heavy atom. The average Bonchev–Trinajstić information content (AvgIpc) is 2.78. The molecule has 4 atom stereocenters. The highest BCUT2D eigenvalue weighted by Crippen LogP contribution is 2.50. The molecule has 0 amide bonds. The highest BCUT2D eigenvalue weighted by atomic mass is 19.2. The highest BCUT2D eigenvalue weighted by Gasteiger charge is 2.38. The fraction of sp³-hybridized carbons (Fsp3) is 0.786. The van der Waals surface area contributed by atoms with E-state index in [-0.39, 0.29) is 0 Å². The molecule has 168 valence electrons. The predicted molar refractivity (Wildman–Crippen MR) is 121 cm³/mol. The van der Waals surface area contributed by atoms with Gasteiger partial charge in [-0.25, -0.2) is 8.78 Å². The summed E-state index contributed by atoms with van der Waals surface area (Å²) in [6.07, 6.45) is 20.9. The van der Waals surface area contributed by atoms with Gasteiger partial charge >= 0.3 is 0 Å². The van der Waals surface area contributed by atoms with E-state index in [0.29, 0.717) is 5.92 Å². The van der Waals surface area contributed by atoms with Gasteiger partial charge in [0.2, 0.25) is 0 Å². The second kappa shape index (κ2) is 10.6. The van der Waals surface area contributed by atoms with Crippen LogP contribution in [0.1, 0.15) is 115 Å². The van der Waals surface area contributed by atoms with E-state index < -0.39 is 11.6 Å². The van der Waals surface area contributed by atoms with Gasteiger partial charge in [0.25, 0.3) is 0 Å². The highest BCUT2D eigenvalue weighted by molar-refractivity contribution is 5.22. The molecule has 1 aromatic carbocycles. The van der Waals surface area contributed by atoms with Crippen molar-refractivity contribution in [2.75, 3.05) is 0 Å². The Morgan fingerprint density at radius 1 is 0.700 bits per heavy atom. The van der Waals surface area contributed by atoms with Gasteiger partial charge in [0, 0.05) is 0 Å². The fourth-order valence-electron chi connectivity index (χ4n) is 7.26. The van der Waals surface area contributed by atoms with Crippen LogP contribution in [0.5, 0.6) is 0 Å². The molecule has 0 N–H and O–H groups in total. The summed E-state index contributed by atoms with van der Waals surface area (Å²) in [6, 6.07) is 4.54. The minimum Gasteiger partial charge on any atom is -0.204 e. The number of fused-ring (bicyclic) bond motifs is 1. The lowest BCUT2D eigenvalue weighted by Gasteiger charge is -2.45. The third kappa shape index (κ3) is 5.46. The van der Waals surface area contributed by atoms with Crippen molar-refractivity contribution in [3.05, 3.63) is 35.4 Å². The van der Waals surface area contributed by atoms with E-state index >= 15 is 0 Å². The van der Waals surface area contributed by atoms with Gasteiger partial charge in [-0.2, -0.15) is 0 Å². The molecule has 1 aromatic rings. The van der Waals surface area contributed by atoms with Gasteiger partial charge in [0.1, 0.15) is 0 Å². The molecule has 0 nitrogen and oxygen atoms in total. The largest absolute Gasteiger partial charge is 0.204 e. The van der Waals surface area contributed by atoms with Crippen molar-refractivity contribution < 1.29 is 8.78 Å². The first-order chi connectivity index (χ1) is 14.6. The van der Waals surface area contributed by atoms with Crippen LogP contribution in [0.4, 0.5) is 8.78 Å². The Balaban J connectivity index is 1.22. The predicted octanol–water partition coefficient (Wildman–Crippen LogP) is 9.04. The summed E-state index contributed by atoms with van der Waals surface area (Å²) in [4.78, 5) is 0. The molecule has 0 aliphatic heterocycles. The molecule has 3 saturated carbocycles. The second-order valence-electron chi connectivity index (χ2n) is 10.9. The zero-order valence-corrected chi connectivity index (χ0v) is 19.1. The van der Waals surface area contributed by atoms with Gasteiger partial charge in [0.05, 0.1) is 0 Å². The summed E-state index contributed by atoms with van der Waals surface area (Å²) in [7, 11) is 0. The molecule has 3 fully saturated rings. The number of benzene rings is 1. The lowest BCUT2D eigenvalue weighted by atomic mass is 9.60. The molecule has 0 aromatic heterocycles. The van der Waals surface area contributed by atoms with Gasteiger partial charge in [-0.1, -0.05) is 51.5 Å². The quantitative estimate of drug-likeness (QED) is 0.389. The first-order valence-corrected chi connectivity index (χ1v) is 13.1. The van der Waals surface area contributed by atoms with Gasteiger partial charge in [0.15, 0.2) is 11.6 Å². The van der Waals surface area contributed by atoms with E-state index in [1.54, 1.807) is 6.07 Å². The monoisotopic (exact) mass is 416 g/mol. The molecule has 4 rings (SSSR count). The van der Waals surface area contributed by atoms with E-state index in [9.17, 15) is 8.78 Å². The lowest BCUT2D eigenvalue weighted by Crippen LogP contribution is -2.34. The molecule has 2 heteroatoms. The molecule has 0 spiro atoms. The molecule has 4 unspecified atom stereocenters. The van der Waals surface area contributed by atoms with E-state index in [2.05, 4.69) is 6.92 Å². The summed E-state index contributed by atoms with van der Waals surface area (Å²) in [5, 5.41) is 0. The SMILES string of the molecule is CCCCCCC1CCC2CC(C3CCC(c4ccc(F)c(F)c4)CC3)CCC2C1. The van der Waals surface area contributed by atoms with Crippen molar-refractivity contribution in [1.29, 1.82) is 0 Å². The van der Waals surface area contributed by atoms with Crippen LogP contribution in [-0.4, -0.2) is 0 Å². The van der Waals surface area contributed by atoms with E-state index in [1.165, 1.54) is 95.6 Å². The molecule has 3 aliphatic carbocycles. The maximum absolute atomic E-state index is 13.6. The number of hydrogen-bond acceptors (Lipinski definition) is 0. The number of rotatable bonds is 7. The molecule has 3 aliphatic rings. The molecular formula is C28H42F2. The van der Waals surface area contributed by atoms with Crippen molar-refractivity contribution in [3.63, 3.8) is 0 Å². The Bertz CT molecular complexity index is 661. The van der Waals surface area contributed by atoms with Crippen LogP contribution in [0.25, 0.3) is 0 Å². The standard InChI is InChI=1S/C28H42F2/c1-2-3-4-5-6-20-7-8-25-18-24(14-13-23(25)17-20)21-9-11-22(12-10-21)26-15-16-27(29)28(30)19-26/h15-16,19-25H,2-14,17-18H2,1H3. The van der Waals surface area contributed by atoms with Gasteiger partial charge in [-0.05, 0) is 111 Å². The third-order valence-electron chi connectivity index (χ3n) is 9.08. The molecule has 0 heterocycles. The zero-order valence-electron chi connectivity index (χ0n) is 19.1. The minimum atomic E-state index is -0.722. The molecular weight excluding hydrogens is 374 g/mol. The summed E-state index contributed by atoms with van der Waals surface area (Å²) in [6.45, 7) is 2.30.